The highest BCUT2D eigenvalue weighted by molar-refractivity contribution is 5.98. The Hall–Kier alpha value is -3.38. The van der Waals surface area contributed by atoms with E-state index >= 15 is 0 Å². The first-order chi connectivity index (χ1) is 13.3. The van der Waals surface area contributed by atoms with Gasteiger partial charge >= 0.3 is 0 Å². The van der Waals surface area contributed by atoms with Gasteiger partial charge in [-0.25, -0.2) is 4.68 Å². The van der Waals surface area contributed by atoms with E-state index in [1.165, 1.54) is 0 Å². The van der Waals surface area contributed by atoms with Gasteiger partial charge in [0.05, 0.1) is 11.3 Å². The maximum Gasteiger partial charge on any atom is 0.253 e. The van der Waals surface area contributed by atoms with E-state index in [1.54, 1.807) is 16.9 Å². The van der Waals surface area contributed by atoms with Crippen molar-refractivity contribution in [3.8, 4) is 5.69 Å². The molecule has 0 saturated carbocycles. The number of carbonyl (C=O) groups is 1. The second kappa shape index (κ2) is 7.88. The van der Waals surface area contributed by atoms with Crippen LogP contribution in [0.15, 0.2) is 78.8 Å². The molecule has 6 heteroatoms. The van der Waals surface area contributed by atoms with Crippen molar-refractivity contribution in [3.63, 3.8) is 0 Å². The summed E-state index contributed by atoms with van der Waals surface area (Å²) >= 11 is 0. The van der Waals surface area contributed by atoms with Gasteiger partial charge in [0, 0.05) is 25.4 Å². The highest BCUT2D eigenvalue weighted by atomic mass is 17.2. The molecule has 1 aliphatic rings. The Kier molecular flexibility index (Phi) is 4.98. The molecule has 2 heterocycles. The molecule has 136 valence electrons. The Morgan fingerprint density at radius 1 is 1.11 bits per heavy atom. The molecule has 27 heavy (non-hydrogen) atoms. The fraction of sp³-hybridized carbons (Fsp3) is 0.143. The summed E-state index contributed by atoms with van der Waals surface area (Å²) in [5, 5.41) is 7.32. The maximum atomic E-state index is 12.9. The van der Waals surface area contributed by atoms with Gasteiger partial charge in [-0.1, -0.05) is 42.5 Å². The topological polar surface area (TPSA) is 65.4 Å². The second-order valence-electron chi connectivity index (χ2n) is 6.15. The Morgan fingerprint density at radius 3 is 2.74 bits per heavy atom. The number of hydrogen-bond acceptors (Lipinski definition) is 4. The van der Waals surface area contributed by atoms with Gasteiger partial charge in [-0.3, -0.25) is 4.79 Å². The molecule has 0 unspecified atom stereocenters. The minimum Gasteiger partial charge on any atom is -0.348 e. The first-order valence-corrected chi connectivity index (χ1v) is 8.74. The van der Waals surface area contributed by atoms with Crippen LogP contribution >= 0.6 is 0 Å². The van der Waals surface area contributed by atoms with Crippen LogP contribution in [0.1, 0.15) is 21.5 Å². The third kappa shape index (κ3) is 3.91. The number of hydrogen-bond donors (Lipinski definition) is 1. The average molecular weight is 361 g/mol. The number of allylic oxidation sites excluding steroid dienone is 1. The molecule has 3 aromatic rings. The second-order valence-corrected chi connectivity index (χ2v) is 6.15. The number of aromatic nitrogens is 2. The number of amides is 1. The van der Waals surface area contributed by atoms with Crippen LogP contribution in [0.3, 0.4) is 0 Å². The molecule has 1 aliphatic heterocycles. The fourth-order valence-electron chi connectivity index (χ4n) is 3.02. The highest BCUT2D eigenvalue weighted by Crippen LogP contribution is 2.24. The van der Waals surface area contributed by atoms with E-state index in [2.05, 4.69) is 10.4 Å². The van der Waals surface area contributed by atoms with E-state index in [-0.39, 0.29) is 5.91 Å². The van der Waals surface area contributed by atoms with Crippen molar-refractivity contribution in [2.75, 3.05) is 6.61 Å². The van der Waals surface area contributed by atoms with Crippen molar-refractivity contribution >= 4 is 5.91 Å². The van der Waals surface area contributed by atoms with E-state index in [4.69, 9.17) is 9.78 Å². The van der Waals surface area contributed by atoms with E-state index in [1.807, 2.05) is 60.8 Å². The first kappa shape index (κ1) is 17.1. The quantitative estimate of drug-likeness (QED) is 0.685. The van der Waals surface area contributed by atoms with Crippen LogP contribution in [-0.2, 0) is 22.7 Å². The van der Waals surface area contributed by atoms with Gasteiger partial charge in [-0.05, 0) is 29.3 Å². The van der Waals surface area contributed by atoms with Crippen molar-refractivity contribution in [3.05, 3.63) is 95.5 Å². The normalized spacial score (nSPS) is 13.1. The van der Waals surface area contributed by atoms with E-state index in [0.717, 1.165) is 22.6 Å². The molecule has 1 amide bonds. The minimum absolute atomic E-state index is 0.149. The smallest absolute Gasteiger partial charge is 0.253 e. The lowest BCUT2D eigenvalue weighted by Gasteiger charge is -2.15. The zero-order valence-corrected chi connectivity index (χ0v) is 14.7. The molecule has 0 atom stereocenters. The molecule has 0 radical (unpaired) electrons. The van der Waals surface area contributed by atoms with Crippen molar-refractivity contribution in [2.45, 2.75) is 13.0 Å². The number of carbonyl (C=O) groups excluding carboxylic acids is 1. The van der Waals surface area contributed by atoms with Gasteiger partial charge in [-0.15, -0.1) is 0 Å². The van der Waals surface area contributed by atoms with Crippen LogP contribution in [0.2, 0.25) is 0 Å². The molecule has 0 spiro atoms. The maximum absolute atomic E-state index is 12.9. The van der Waals surface area contributed by atoms with Crippen molar-refractivity contribution in [2.24, 2.45) is 0 Å². The van der Waals surface area contributed by atoms with E-state index in [0.29, 0.717) is 25.1 Å². The summed E-state index contributed by atoms with van der Waals surface area (Å²) in [4.78, 5) is 23.0. The number of benzene rings is 2. The van der Waals surface area contributed by atoms with Crippen molar-refractivity contribution in [1.82, 2.24) is 15.1 Å². The summed E-state index contributed by atoms with van der Waals surface area (Å²) < 4.78 is 1.71. The molecule has 1 N–H and O–H groups in total. The Morgan fingerprint density at radius 2 is 2.00 bits per heavy atom. The summed E-state index contributed by atoms with van der Waals surface area (Å²) in [6, 6.07) is 17.3. The number of para-hydroxylation sites is 1. The van der Waals surface area contributed by atoms with Gasteiger partial charge in [-0.2, -0.15) is 9.99 Å². The zero-order valence-electron chi connectivity index (χ0n) is 14.7. The van der Waals surface area contributed by atoms with Gasteiger partial charge in [0.25, 0.3) is 5.91 Å². The lowest BCUT2D eigenvalue weighted by molar-refractivity contribution is -0.234. The predicted molar refractivity (Wildman–Crippen MR) is 100 cm³/mol. The van der Waals surface area contributed by atoms with Gasteiger partial charge < -0.3 is 10.2 Å². The predicted octanol–water partition coefficient (Wildman–Crippen LogP) is 3.19. The third-order valence-corrected chi connectivity index (χ3v) is 4.30. The lowest BCUT2D eigenvalue weighted by Crippen LogP contribution is -2.25. The average Bonchev–Trinajstić information content (AvgIpc) is 3.41. The van der Waals surface area contributed by atoms with Crippen LogP contribution in [0, 0.1) is 0 Å². The lowest BCUT2D eigenvalue weighted by atomic mass is 10.0. The zero-order chi connectivity index (χ0) is 18.5. The fourth-order valence-corrected chi connectivity index (χ4v) is 3.02. The molecular weight excluding hydrogens is 342 g/mol. The molecule has 6 nitrogen and oxygen atoms in total. The molecule has 0 aliphatic carbocycles. The van der Waals surface area contributed by atoms with Crippen molar-refractivity contribution < 1.29 is 14.6 Å². The highest BCUT2D eigenvalue weighted by Gasteiger charge is 2.19. The third-order valence-electron chi connectivity index (χ3n) is 4.30. The van der Waals surface area contributed by atoms with E-state index in [9.17, 15) is 4.79 Å². The number of rotatable bonds is 6. The minimum atomic E-state index is -0.149. The summed E-state index contributed by atoms with van der Waals surface area (Å²) in [6.07, 6.45) is 5.92. The molecule has 1 aromatic heterocycles. The Bertz CT molecular complexity index is 950. The Labute approximate surface area is 157 Å². The molecule has 2 aromatic carbocycles. The monoisotopic (exact) mass is 361 g/mol. The van der Waals surface area contributed by atoms with Crippen LogP contribution in [-0.4, -0.2) is 22.3 Å². The standard InChI is InChI=1S/C21H19N3O3/c25-21(22-15-16-6-2-1-3-7-16)19-9-4-8-17(14-18-10-13-26-27-18)20(19)24-12-5-11-23-24/h1-12H,13-15H2,(H,22,25). The van der Waals surface area contributed by atoms with Crippen LogP contribution in [0.4, 0.5) is 0 Å². The van der Waals surface area contributed by atoms with Crippen LogP contribution in [0.25, 0.3) is 5.69 Å². The number of nitrogens with one attached hydrogen (secondary N) is 1. The van der Waals surface area contributed by atoms with Crippen molar-refractivity contribution in [1.29, 1.82) is 0 Å². The molecule has 0 saturated heterocycles. The summed E-state index contributed by atoms with van der Waals surface area (Å²) in [6.45, 7) is 0.897. The number of nitrogens with zero attached hydrogens (tertiary/aromatic N) is 2. The molecule has 0 fully saturated rings. The Balaban J connectivity index is 1.63. The van der Waals surface area contributed by atoms with Gasteiger partial charge in [0.15, 0.2) is 0 Å². The largest absolute Gasteiger partial charge is 0.348 e. The summed E-state index contributed by atoms with van der Waals surface area (Å²) in [5.74, 6) is 0.578. The molecule has 4 rings (SSSR count). The van der Waals surface area contributed by atoms with E-state index < -0.39 is 0 Å². The first-order valence-electron chi connectivity index (χ1n) is 8.74. The summed E-state index contributed by atoms with van der Waals surface area (Å²) in [7, 11) is 0. The molecular formula is C21H19N3O3. The SMILES string of the molecule is O=C(NCc1ccccc1)c1cccc(CC2=CCOO2)c1-n1cccn1. The van der Waals surface area contributed by atoms with Gasteiger partial charge in [0.1, 0.15) is 12.4 Å². The van der Waals surface area contributed by atoms with Crippen LogP contribution in [0.5, 0.6) is 0 Å². The molecule has 0 bridgehead atoms. The van der Waals surface area contributed by atoms with Crippen LogP contribution < -0.4 is 5.32 Å². The van der Waals surface area contributed by atoms with Gasteiger partial charge in [0.2, 0.25) is 0 Å². The summed E-state index contributed by atoms with van der Waals surface area (Å²) in [5.41, 5.74) is 3.28.